The second-order valence-electron chi connectivity index (χ2n) is 2.31. The van der Waals surface area contributed by atoms with Crippen LogP contribution in [-0.4, -0.2) is 26.7 Å². The summed E-state index contributed by atoms with van der Waals surface area (Å²) in [6.45, 7) is 3.66. The summed E-state index contributed by atoms with van der Waals surface area (Å²) in [4.78, 5) is 11.0. The van der Waals surface area contributed by atoms with E-state index in [4.69, 9.17) is 12.2 Å². The van der Waals surface area contributed by atoms with Crippen LogP contribution in [0.3, 0.4) is 0 Å². The van der Waals surface area contributed by atoms with Crippen molar-refractivity contribution in [2.75, 3.05) is 5.75 Å². The summed E-state index contributed by atoms with van der Waals surface area (Å²) in [5.74, 6) is 0.400. The number of carbonyl (C=O) groups is 1. The lowest BCUT2D eigenvalue weighted by Gasteiger charge is -2.06. The Morgan fingerprint density at radius 2 is 2.36 bits per heavy atom. The van der Waals surface area contributed by atoms with E-state index in [1.165, 1.54) is 16.8 Å². The van der Waals surface area contributed by atoms with Gasteiger partial charge in [-0.25, -0.2) is 0 Å². The van der Waals surface area contributed by atoms with Crippen molar-refractivity contribution in [3.8, 4) is 0 Å². The van der Waals surface area contributed by atoms with E-state index >= 15 is 0 Å². The van der Waals surface area contributed by atoms with Gasteiger partial charge in [-0.3, -0.25) is 4.79 Å². The van der Waals surface area contributed by atoms with E-state index in [0.29, 0.717) is 10.1 Å². The van der Waals surface area contributed by atoms with Crippen LogP contribution in [0.1, 0.15) is 13.8 Å². The number of hydrogen-bond donors (Lipinski definition) is 0. The molecule has 3 nitrogen and oxygen atoms in total. The number of nitrogens with zero attached hydrogens (tertiary/aromatic N) is 2. The smallest absolute Gasteiger partial charge is 0.259 e. The van der Waals surface area contributed by atoms with E-state index in [2.05, 4.69) is 5.10 Å². The SMILES string of the molecule is CC(C)=NN1C(=O)CSC1=S. The summed E-state index contributed by atoms with van der Waals surface area (Å²) in [6.07, 6.45) is 0. The lowest BCUT2D eigenvalue weighted by atomic mass is 10.5. The minimum Gasteiger partial charge on any atom is -0.272 e. The molecule has 0 bridgehead atoms. The van der Waals surface area contributed by atoms with E-state index in [0.717, 1.165) is 5.71 Å². The summed E-state index contributed by atoms with van der Waals surface area (Å²) in [7, 11) is 0. The molecule has 0 N–H and O–H groups in total. The lowest BCUT2D eigenvalue weighted by Crippen LogP contribution is -2.23. The summed E-state index contributed by atoms with van der Waals surface area (Å²) < 4.78 is 0.552. The number of hydrazone groups is 1. The fraction of sp³-hybridized carbons (Fsp3) is 0.500. The maximum Gasteiger partial charge on any atom is 0.259 e. The first-order chi connectivity index (χ1) is 5.11. The Morgan fingerprint density at radius 1 is 1.73 bits per heavy atom. The molecule has 1 aliphatic rings. The second-order valence-corrected chi connectivity index (χ2v) is 3.92. The molecule has 1 heterocycles. The maximum atomic E-state index is 11.0. The van der Waals surface area contributed by atoms with Crippen LogP contribution in [-0.2, 0) is 4.79 Å². The molecular formula is C6H8N2OS2. The van der Waals surface area contributed by atoms with Crippen molar-refractivity contribution >= 4 is 39.9 Å². The van der Waals surface area contributed by atoms with Crippen LogP contribution < -0.4 is 0 Å². The Hall–Kier alpha value is -0.420. The summed E-state index contributed by atoms with van der Waals surface area (Å²) in [6, 6.07) is 0. The molecule has 1 saturated heterocycles. The van der Waals surface area contributed by atoms with Gasteiger partial charge < -0.3 is 0 Å². The normalized spacial score (nSPS) is 17.5. The van der Waals surface area contributed by atoms with Crippen molar-refractivity contribution in [1.29, 1.82) is 0 Å². The number of rotatable bonds is 1. The highest BCUT2D eigenvalue weighted by atomic mass is 32.2. The van der Waals surface area contributed by atoms with Crippen LogP contribution in [0.15, 0.2) is 5.10 Å². The van der Waals surface area contributed by atoms with E-state index in [-0.39, 0.29) is 5.91 Å². The van der Waals surface area contributed by atoms with Gasteiger partial charge in [0.2, 0.25) is 0 Å². The number of thioether (sulfide) groups is 1. The minimum absolute atomic E-state index is 0.0267. The number of thiocarbonyl (C=S) groups is 1. The topological polar surface area (TPSA) is 32.7 Å². The van der Waals surface area contributed by atoms with Crippen LogP contribution >= 0.6 is 24.0 Å². The zero-order valence-electron chi connectivity index (χ0n) is 6.33. The molecule has 5 heteroatoms. The second kappa shape index (κ2) is 3.32. The predicted octanol–water partition coefficient (Wildman–Crippen LogP) is 1.24. The van der Waals surface area contributed by atoms with Gasteiger partial charge in [-0.1, -0.05) is 24.0 Å². The van der Waals surface area contributed by atoms with Gasteiger partial charge in [0.1, 0.15) is 0 Å². The molecular weight excluding hydrogens is 180 g/mol. The standard InChI is InChI=1S/C6H8N2OS2/c1-4(2)7-8-5(9)3-11-6(8)10/h3H2,1-2H3. The number of carbonyl (C=O) groups excluding carboxylic acids is 1. The average Bonchev–Trinajstić information content (AvgIpc) is 2.18. The summed E-state index contributed by atoms with van der Waals surface area (Å²) in [5, 5.41) is 5.26. The molecule has 1 rings (SSSR count). The van der Waals surface area contributed by atoms with Crippen molar-refractivity contribution in [2.24, 2.45) is 5.10 Å². The van der Waals surface area contributed by atoms with Gasteiger partial charge in [0, 0.05) is 5.71 Å². The molecule has 0 saturated carbocycles. The first-order valence-corrected chi connectivity index (χ1v) is 4.52. The minimum atomic E-state index is -0.0267. The van der Waals surface area contributed by atoms with E-state index < -0.39 is 0 Å². The molecule has 0 atom stereocenters. The fourth-order valence-corrected chi connectivity index (χ4v) is 1.60. The third-order valence-corrected chi connectivity index (χ3v) is 2.37. The molecule has 0 unspecified atom stereocenters. The Balaban J connectivity index is 2.77. The molecule has 1 fully saturated rings. The quantitative estimate of drug-likeness (QED) is 0.458. The van der Waals surface area contributed by atoms with Crippen LogP contribution in [0.25, 0.3) is 0 Å². The van der Waals surface area contributed by atoms with Crippen LogP contribution in [0.4, 0.5) is 0 Å². The zero-order valence-corrected chi connectivity index (χ0v) is 7.96. The van der Waals surface area contributed by atoms with E-state index in [9.17, 15) is 4.79 Å². The lowest BCUT2D eigenvalue weighted by molar-refractivity contribution is -0.124. The van der Waals surface area contributed by atoms with Crippen molar-refractivity contribution < 1.29 is 4.79 Å². The predicted molar refractivity (Wildman–Crippen MR) is 50.7 cm³/mol. The Kier molecular flexibility index (Phi) is 2.62. The van der Waals surface area contributed by atoms with Crippen LogP contribution in [0.5, 0.6) is 0 Å². The maximum absolute atomic E-state index is 11.0. The largest absolute Gasteiger partial charge is 0.272 e. The third kappa shape index (κ3) is 2.00. The van der Waals surface area contributed by atoms with Gasteiger partial charge >= 0.3 is 0 Å². The van der Waals surface area contributed by atoms with Gasteiger partial charge in [0.15, 0.2) is 4.32 Å². The van der Waals surface area contributed by atoms with Gasteiger partial charge in [-0.2, -0.15) is 10.1 Å². The van der Waals surface area contributed by atoms with Gasteiger partial charge in [-0.05, 0) is 13.8 Å². The van der Waals surface area contributed by atoms with Crippen LogP contribution in [0.2, 0.25) is 0 Å². The number of hydrogen-bond acceptors (Lipinski definition) is 4. The highest BCUT2D eigenvalue weighted by Gasteiger charge is 2.26. The molecule has 0 aromatic rings. The highest BCUT2D eigenvalue weighted by Crippen LogP contribution is 2.19. The molecule has 0 aromatic heterocycles. The fourth-order valence-electron chi connectivity index (χ4n) is 0.644. The van der Waals surface area contributed by atoms with Crippen molar-refractivity contribution in [3.63, 3.8) is 0 Å². The van der Waals surface area contributed by atoms with E-state index in [1.54, 1.807) is 0 Å². The molecule has 0 aromatic carbocycles. The Bertz CT molecular complexity index is 217. The Morgan fingerprint density at radius 3 is 2.73 bits per heavy atom. The zero-order chi connectivity index (χ0) is 8.43. The molecule has 60 valence electrons. The number of amides is 1. The van der Waals surface area contributed by atoms with Gasteiger partial charge in [-0.15, -0.1) is 0 Å². The van der Waals surface area contributed by atoms with Gasteiger partial charge in [0.05, 0.1) is 5.75 Å². The molecule has 0 radical (unpaired) electrons. The van der Waals surface area contributed by atoms with Crippen molar-refractivity contribution in [3.05, 3.63) is 0 Å². The summed E-state index contributed by atoms with van der Waals surface area (Å²) >= 11 is 6.25. The van der Waals surface area contributed by atoms with Crippen molar-refractivity contribution in [1.82, 2.24) is 5.01 Å². The monoisotopic (exact) mass is 188 g/mol. The highest BCUT2D eigenvalue weighted by molar-refractivity contribution is 8.23. The molecule has 11 heavy (non-hydrogen) atoms. The first kappa shape index (κ1) is 8.67. The van der Waals surface area contributed by atoms with Crippen molar-refractivity contribution in [2.45, 2.75) is 13.8 Å². The van der Waals surface area contributed by atoms with Gasteiger partial charge in [0.25, 0.3) is 5.91 Å². The molecule has 1 amide bonds. The molecule has 0 spiro atoms. The molecule has 1 aliphatic heterocycles. The first-order valence-electron chi connectivity index (χ1n) is 3.13. The Labute approximate surface area is 74.8 Å². The van der Waals surface area contributed by atoms with E-state index in [1.807, 2.05) is 13.8 Å². The average molecular weight is 188 g/mol. The summed E-state index contributed by atoms with van der Waals surface area (Å²) in [5.41, 5.74) is 0.836. The van der Waals surface area contributed by atoms with Crippen LogP contribution in [0, 0.1) is 0 Å². The molecule has 0 aliphatic carbocycles. The third-order valence-electron chi connectivity index (χ3n) is 1.03.